The third-order valence-electron chi connectivity index (χ3n) is 3.48. The van der Waals surface area contributed by atoms with E-state index in [1.807, 2.05) is 30.9 Å². The zero-order valence-corrected chi connectivity index (χ0v) is 12.6. The van der Waals surface area contributed by atoms with Crippen LogP contribution < -0.4 is 10.2 Å². The highest BCUT2D eigenvalue weighted by atomic mass is 79.9. The Morgan fingerprint density at radius 2 is 2.11 bits per heavy atom. The van der Waals surface area contributed by atoms with Gasteiger partial charge in [-0.2, -0.15) is 0 Å². The minimum absolute atomic E-state index is 0.113. The Labute approximate surface area is 117 Å². The molecule has 1 amide bonds. The number of nitrogens with one attached hydrogen (secondary N) is 1. The lowest BCUT2D eigenvalue weighted by Crippen LogP contribution is -2.44. The van der Waals surface area contributed by atoms with E-state index in [1.165, 1.54) is 0 Å². The summed E-state index contributed by atoms with van der Waals surface area (Å²) in [5.74, 6) is 0.158. The SMILES string of the molecule is Cc1cc(Br)ccc1N1C(=O)C(C)NCCC1C. The van der Waals surface area contributed by atoms with E-state index >= 15 is 0 Å². The van der Waals surface area contributed by atoms with Crippen molar-refractivity contribution in [2.75, 3.05) is 11.4 Å². The first kappa shape index (κ1) is 13.6. The van der Waals surface area contributed by atoms with Gasteiger partial charge in [-0.05, 0) is 57.5 Å². The van der Waals surface area contributed by atoms with Crippen LogP contribution in [-0.4, -0.2) is 24.5 Å². The molecule has 1 aromatic rings. The second kappa shape index (κ2) is 5.41. The lowest BCUT2D eigenvalue weighted by molar-refractivity contribution is -0.120. The monoisotopic (exact) mass is 310 g/mol. The second-order valence-corrected chi connectivity index (χ2v) is 5.87. The Morgan fingerprint density at radius 1 is 1.39 bits per heavy atom. The van der Waals surface area contributed by atoms with Crippen LogP contribution >= 0.6 is 15.9 Å². The quantitative estimate of drug-likeness (QED) is 0.865. The molecule has 1 aliphatic heterocycles. The summed E-state index contributed by atoms with van der Waals surface area (Å²) in [5, 5.41) is 3.25. The topological polar surface area (TPSA) is 32.3 Å². The summed E-state index contributed by atoms with van der Waals surface area (Å²) in [5.41, 5.74) is 2.14. The largest absolute Gasteiger partial charge is 0.308 e. The maximum atomic E-state index is 12.4. The highest BCUT2D eigenvalue weighted by molar-refractivity contribution is 9.10. The predicted molar refractivity (Wildman–Crippen MR) is 77.9 cm³/mol. The Bertz CT molecular complexity index is 461. The van der Waals surface area contributed by atoms with Crippen molar-refractivity contribution < 1.29 is 4.79 Å². The van der Waals surface area contributed by atoms with E-state index in [2.05, 4.69) is 34.2 Å². The van der Waals surface area contributed by atoms with Crippen molar-refractivity contribution in [1.82, 2.24) is 5.32 Å². The van der Waals surface area contributed by atoms with E-state index < -0.39 is 0 Å². The summed E-state index contributed by atoms with van der Waals surface area (Å²) in [4.78, 5) is 14.4. The van der Waals surface area contributed by atoms with Crippen LogP contribution in [0.25, 0.3) is 0 Å². The number of halogens is 1. The molecule has 98 valence electrons. The fourth-order valence-corrected chi connectivity index (χ4v) is 2.87. The first-order valence-corrected chi connectivity index (χ1v) is 7.12. The molecule has 0 saturated carbocycles. The van der Waals surface area contributed by atoms with Crippen LogP contribution in [0.5, 0.6) is 0 Å². The molecule has 0 radical (unpaired) electrons. The molecule has 1 aliphatic rings. The molecule has 0 bridgehead atoms. The van der Waals surface area contributed by atoms with Gasteiger partial charge in [0.1, 0.15) is 0 Å². The molecule has 18 heavy (non-hydrogen) atoms. The molecule has 1 heterocycles. The van der Waals surface area contributed by atoms with Gasteiger partial charge >= 0.3 is 0 Å². The van der Waals surface area contributed by atoms with E-state index in [9.17, 15) is 4.79 Å². The van der Waals surface area contributed by atoms with E-state index in [1.54, 1.807) is 0 Å². The van der Waals surface area contributed by atoms with Crippen molar-refractivity contribution in [2.45, 2.75) is 39.3 Å². The van der Waals surface area contributed by atoms with Crippen molar-refractivity contribution in [2.24, 2.45) is 0 Å². The molecule has 3 nitrogen and oxygen atoms in total. The Hall–Kier alpha value is -0.870. The molecule has 2 rings (SSSR count). The minimum atomic E-state index is -0.113. The molecule has 1 fully saturated rings. The number of hydrogen-bond donors (Lipinski definition) is 1. The third kappa shape index (κ3) is 2.59. The average Bonchev–Trinajstić information content (AvgIpc) is 2.42. The van der Waals surface area contributed by atoms with Gasteiger partial charge in [0, 0.05) is 16.2 Å². The van der Waals surface area contributed by atoms with Crippen molar-refractivity contribution in [3.63, 3.8) is 0 Å². The number of aryl methyl sites for hydroxylation is 1. The zero-order valence-electron chi connectivity index (χ0n) is 11.0. The highest BCUT2D eigenvalue weighted by Gasteiger charge is 2.29. The standard InChI is InChI=1S/C14H19BrN2O/c1-9-8-12(15)4-5-13(9)17-10(2)6-7-16-11(3)14(17)18/h4-5,8,10-11,16H,6-7H2,1-3H3. The molecule has 1 aromatic carbocycles. The van der Waals surface area contributed by atoms with Crippen molar-refractivity contribution in [1.29, 1.82) is 0 Å². The Morgan fingerprint density at radius 3 is 2.78 bits per heavy atom. The molecule has 2 unspecified atom stereocenters. The maximum absolute atomic E-state index is 12.4. The van der Waals surface area contributed by atoms with Crippen LogP contribution in [0.3, 0.4) is 0 Å². The lowest BCUT2D eigenvalue weighted by Gasteiger charge is -2.30. The summed E-state index contributed by atoms with van der Waals surface area (Å²) in [6.07, 6.45) is 0.978. The van der Waals surface area contributed by atoms with Gasteiger partial charge in [-0.15, -0.1) is 0 Å². The van der Waals surface area contributed by atoms with Crippen LogP contribution in [0.2, 0.25) is 0 Å². The molecule has 2 atom stereocenters. The summed E-state index contributed by atoms with van der Waals surface area (Å²) in [6, 6.07) is 6.18. The first-order chi connectivity index (χ1) is 8.50. The number of carbonyl (C=O) groups excluding carboxylic acids is 1. The van der Waals surface area contributed by atoms with Crippen LogP contribution in [0, 0.1) is 6.92 Å². The Kier molecular flexibility index (Phi) is 4.07. The predicted octanol–water partition coefficient (Wildman–Crippen LogP) is 2.86. The number of nitrogens with zero attached hydrogens (tertiary/aromatic N) is 1. The van der Waals surface area contributed by atoms with E-state index in [-0.39, 0.29) is 18.0 Å². The summed E-state index contributed by atoms with van der Waals surface area (Å²) in [6.45, 7) is 6.98. The molecule has 1 saturated heterocycles. The molecule has 0 spiro atoms. The third-order valence-corrected chi connectivity index (χ3v) is 3.97. The van der Waals surface area contributed by atoms with Crippen LogP contribution in [0.15, 0.2) is 22.7 Å². The van der Waals surface area contributed by atoms with Crippen molar-refractivity contribution >= 4 is 27.5 Å². The maximum Gasteiger partial charge on any atom is 0.244 e. The van der Waals surface area contributed by atoms with Gasteiger partial charge in [-0.1, -0.05) is 15.9 Å². The number of benzene rings is 1. The number of anilines is 1. The van der Waals surface area contributed by atoms with Gasteiger partial charge in [0.25, 0.3) is 0 Å². The number of rotatable bonds is 1. The van der Waals surface area contributed by atoms with Crippen LogP contribution in [-0.2, 0) is 4.79 Å². The minimum Gasteiger partial charge on any atom is -0.308 e. The van der Waals surface area contributed by atoms with Gasteiger partial charge in [0.2, 0.25) is 5.91 Å². The van der Waals surface area contributed by atoms with Crippen molar-refractivity contribution in [3.05, 3.63) is 28.2 Å². The second-order valence-electron chi connectivity index (χ2n) is 4.95. The summed E-state index contributed by atoms with van der Waals surface area (Å²) < 4.78 is 1.05. The fraction of sp³-hybridized carbons (Fsp3) is 0.500. The molecular weight excluding hydrogens is 292 g/mol. The Balaban J connectivity index is 2.41. The molecule has 1 N–H and O–H groups in total. The van der Waals surface area contributed by atoms with Crippen molar-refractivity contribution in [3.8, 4) is 0 Å². The number of amides is 1. The number of hydrogen-bond acceptors (Lipinski definition) is 2. The molecule has 0 aliphatic carbocycles. The van der Waals surface area contributed by atoms with Crippen LogP contribution in [0.4, 0.5) is 5.69 Å². The smallest absolute Gasteiger partial charge is 0.244 e. The van der Waals surface area contributed by atoms with Gasteiger partial charge in [-0.3, -0.25) is 4.79 Å². The normalized spacial score (nSPS) is 25.1. The summed E-state index contributed by atoms with van der Waals surface area (Å²) >= 11 is 3.46. The van der Waals surface area contributed by atoms with Crippen LogP contribution in [0.1, 0.15) is 25.8 Å². The zero-order chi connectivity index (χ0) is 13.3. The lowest BCUT2D eigenvalue weighted by atomic mass is 10.1. The van der Waals surface area contributed by atoms with Gasteiger partial charge in [-0.25, -0.2) is 0 Å². The van der Waals surface area contributed by atoms with E-state index in [4.69, 9.17) is 0 Å². The van der Waals surface area contributed by atoms with E-state index in [0.29, 0.717) is 0 Å². The molecule has 4 heteroatoms. The number of carbonyl (C=O) groups is 1. The van der Waals surface area contributed by atoms with E-state index in [0.717, 1.165) is 28.7 Å². The van der Waals surface area contributed by atoms with Gasteiger partial charge in [0.15, 0.2) is 0 Å². The molecular formula is C14H19BrN2O. The fourth-order valence-electron chi connectivity index (χ4n) is 2.40. The highest BCUT2D eigenvalue weighted by Crippen LogP contribution is 2.27. The van der Waals surface area contributed by atoms with Gasteiger partial charge < -0.3 is 10.2 Å². The first-order valence-electron chi connectivity index (χ1n) is 6.33. The molecule has 0 aromatic heterocycles. The summed E-state index contributed by atoms with van der Waals surface area (Å²) in [7, 11) is 0. The van der Waals surface area contributed by atoms with Gasteiger partial charge in [0.05, 0.1) is 6.04 Å². The average molecular weight is 311 g/mol.